The van der Waals surface area contributed by atoms with Crippen molar-refractivity contribution < 1.29 is 9.59 Å². The number of carbonyl (C=O) groups is 2. The molecule has 0 unspecified atom stereocenters. The van der Waals surface area contributed by atoms with Gasteiger partial charge >= 0.3 is 0 Å². The zero-order chi connectivity index (χ0) is 26.8. The fourth-order valence-corrected chi connectivity index (χ4v) is 4.34. The minimum atomic E-state index is -0.590. The Labute approximate surface area is 223 Å². The third-order valence-electron chi connectivity index (χ3n) is 6.92. The molecule has 2 amide bonds. The molecular formula is C33H42N2O2. The Kier molecular flexibility index (Phi) is 10.1. The van der Waals surface area contributed by atoms with Crippen molar-refractivity contribution in [3.8, 4) is 0 Å². The van der Waals surface area contributed by atoms with Gasteiger partial charge in [-0.05, 0) is 47.4 Å². The van der Waals surface area contributed by atoms with Crippen LogP contribution in [0.25, 0.3) is 0 Å². The molecule has 2 atom stereocenters. The first-order chi connectivity index (χ1) is 17.7. The van der Waals surface area contributed by atoms with Crippen molar-refractivity contribution >= 4 is 11.8 Å². The molecule has 0 aliphatic rings. The summed E-state index contributed by atoms with van der Waals surface area (Å²) in [4.78, 5) is 29.1. The maximum Gasteiger partial charge on any atom is 0.243 e. The van der Waals surface area contributed by atoms with Gasteiger partial charge in [-0.3, -0.25) is 9.59 Å². The number of nitrogens with one attached hydrogen (secondary N) is 1. The van der Waals surface area contributed by atoms with Gasteiger partial charge in [-0.2, -0.15) is 0 Å². The highest BCUT2D eigenvalue weighted by atomic mass is 16.2. The van der Waals surface area contributed by atoms with Gasteiger partial charge in [-0.1, -0.05) is 113 Å². The molecule has 4 heteroatoms. The summed E-state index contributed by atoms with van der Waals surface area (Å²) in [5.74, 6) is -0.110. The first-order valence-corrected chi connectivity index (χ1v) is 13.4. The highest BCUT2D eigenvalue weighted by Gasteiger charge is 2.30. The van der Waals surface area contributed by atoms with E-state index in [0.717, 1.165) is 23.1 Å². The third kappa shape index (κ3) is 8.59. The predicted molar refractivity (Wildman–Crippen MR) is 152 cm³/mol. The molecule has 0 fully saturated rings. The van der Waals surface area contributed by atoms with Gasteiger partial charge in [0.25, 0.3) is 0 Å². The predicted octanol–water partition coefficient (Wildman–Crippen LogP) is 6.47. The van der Waals surface area contributed by atoms with Crippen molar-refractivity contribution in [2.75, 3.05) is 0 Å². The smallest absolute Gasteiger partial charge is 0.243 e. The molecule has 0 aliphatic heterocycles. The summed E-state index contributed by atoms with van der Waals surface area (Å²) in [6.07, 6.45) is 2.30. The van der Waals surface area contributed by atoms with Crippen molar-refractivity contribution in [3.05, 3.63) is 107 Å². The van der Waals surface area contributed by atoms with Crippen LogP contribution in [0, 0.1) is 0 Å². The highest BCUT2D eigenvalue weighted by Crippen LogP contribution is 2.23. The zero-order valence-electron chi connectivity index (χ0n) is 23.0. The Morgan fingerprint density at radius 1 is 0.811 bits per heavy atom. The van der Waals surface area contributed by atoms with Gasteiger partial charge < -0.3 is 10.2 Å². The Morgan fingerprint density at radius 2 is 1.38 bits per heavy atom. The van der Waals surface area contributed by atoms with Crippen LogP contribution in [0.1, 0.15) is 69.7 Å². The molecule has 196 valence electrons. The lowest BCUT2D eigenvalue weighted by Crippen LogP contribution is -2.52. The van der Waals surface area contributed by atoms with E-state index in [9.17, 15) is 9.59 Å². The van der Waals surface area contributed by atoms with Crippen molar-refractivity contribution in [2.45, 2.75) is 84.3 Å². The lowest BCUT2D eigenvalue weighted by molar-refractivity contribution is -0.141. The van der Waals surface area contributed by atoms with Gasteiger partial charge in [-0.25, -0.2) is 0 Å². The molecule has 37 heavy (non-hydrogen) atoms. The summed E-state index contributed by atoms with van der Waals surface area (Å²) in [6.45, 7) is 11.0. The summed E-state index contributed by atoms with van der Waals surface area (Å²) in [7, 11) is 0. The quantitative estimate of drug-likeness (QED) is 0.329. The summed E-state index contributed by atoms with van der Waals surface area (Å²) in [6, 6.07) is 27.9. The van der Waals surface area contributed by atoms with Crippen LogP contribution in [-0.2, 0) is 34.4 Å². The second-order valence-electron chi connectivity index (χ2n) is 11.0. The molecule has 0 saturated heterocycles. The molecule has 0 bridgehead atoms. The van der Waals surface area contributed by atoms with Crippen LogP contribution in [-0.4, -0.2) is 28.8 Å². The van der Waals surface area contributed by atoms with E-state index in [4.69, 9.17) is 0 Å². The number of nitrogens with zero attached hydrogens (tertiary/aromatic N) is 1. The maximum absolute atomic E-state index is 13.8. The fourth-order valence-electron chi connectivity index (χ4n) is 4.34. The second-order valence-corrected chi connectivity index (χ2v) is 11.0. The normalized spacial score (nSPS) is 13.0. The molecular weight excluding hydrogens is 456 g/mol. The first-order valence-electron chi connectivity index (χ1n) is 13.4. The molecule has 0 saturated carbocycles. The van der Waals surface area contributed by atoms with Gasteiger partial charge in [0.15, 0.2) is 0 Å². The number of benzene rings is 3. The SMILES string of the molecule is CC[C@@H](C)NC(=O)[C@H](Cc1ccccc1)N(Cc1ccccc1)C(=O)CCc1ccc(C(C)(C)C)cc1. The maximum atomic E-state index is 13.8. The Hall–Kier alpha value is -3.40. The summed E-state index contributed by atoms with van der Waals surface area (Å²) in [5.41, 5.74) is 4.55. The number of carbonyl (C=O) groups excluding carboxylic acids is 2. The minimum Gasteiger partial charge on any atom is -0.352 e. The van der Waals surface area contributed by atoms with E-state index in [1.165, 1.54) is 5.56 Å². The monoisotopic (exact) mass is 498 g/mol. The van der Waals surface area contributed by atoms with Gasteiger partial charge in [-0.15, -0.1) is 0 Å². The third-order valence-corrected chi connectivity index (χ3v) is 6.92. The first kappa shape index (κ1) is 28.2. The van der Waals surface area contributed by atoms with Gasteiger partial charge in [0.1, 0.15) is 6.04 Å². The molecule has 3 aromatic carbocycles. The van der Waals surface area contributed by atoms with Crippen LogP contribution in [0.15, 0.2) is 84.9 Å². The Bertz CT molecular complexity index is 1120. The van der Waals surface area contributed by atoms with Crippen LogP contribution < -0.4 is 5.32 Å². The number of aryl methyl sites for hydroxylation is 1. The number of rotatable bonds is 11. The van der Waals surface area contributed by atoms with Crippen LogP contribution in [0.4, 0.5) is 0 Å². The molecule has 0 aliphatic carbocycles. The molecule has 3 rings (SSSR count). The summed E-state index contributed by atoms with van der Waals surface area (Å²) in [5, 5.41) is 3.13. The molecule has 0 radical (unpaired) electrons. The zero-order valence-corrected chi connectivity index (χ0v) is 23.0. The number of amides is 2. The largest absolute Gasteiger partial charge is 0.352 e. The van der Waals surface area contributed by atoms with Crippen molar-refractivity contribution in [1.29, 1.82) is 0 Å². The second kappa shape index (κ2) is 13.2. The molecule has 0 aromatic heterocycles. The molecule has 0 spiro atoms. The number of hydrogen-bond donors (Lipinski definition) is 1. The van der Waals surface area contributed by atoms with Gasteiger partial charge in [0, 0.05) is 25.4 Å². The molecule has 4 nitrogen and oxygen atoms in total. The van der Waals surface area contributed by atoms with E-state index in [-0.39, 0.29) is 23.3 Å². The van der Waals surface area contributed by atoms with Crippen LogP contribution >= 0.6 is 0 Å². The molecule has 1 N–H and O–H groups in total. The van der Waals surface area contributed by atoms with E-state index in [1.54, 1.807) is 4.90 Å². The van der Waals surface area contributed by atoms with Crippen molar-refractivity contribution in [1.82, 2.24) is 10.2 Å². The average molecular weight is 499 g/mol. The fraction of sp³-hybridized carbons (Fsp3) is 0.394. The van der Waals surface area contributed by atoms with Crippen molar-refractivity contribution in [2.24, 2.45) is 0 Å². The molecule has 3 aromatic rings. The lowest BCUT2D eigenvalue weighted by atomic mass is 9.86. The van der Waals surface area contributed by atoms with Crippen molar-refractivity contribution in [3.63, 3.8) is 0 Å². The van der Waals surface area contributed by atoms with E-state index < -0.39 is 6.04 Å². The molecule has 0 heterocycles. The number of hydrogen-bond acceptors (Lipinski definition) is 2. The standard InChI is InChI=1S/C33H42N2O2/c1-6-25(2)34-32(37)30(23-27-13-9-7-10-14-27)35(24-28-15-11-8-12-16-28)31(36)22-19-26-17-20-29(21-18-26)33(3,4)5/h7-18,20-21,25,30H,6,19,22-24H2,1-5H3,(H,34,37)/t25-,30+/m1/s1. The topological polar surface area (TPSA) is 49.4 Å². The van der Waals surface area contributed by atoms with Gasteiger partial charge in [0.05, 0.1) is 0 Å². The Morgan fingerprint density at radius 3 is 1.92 bits per heavy atom. The van der Waals surface area contributed by atoms with E-state index in [1.807, 2.05) is 67.6 Å². The van der Waals surface area contributed by atoms with E-state index in [0.29, 0.717) is 25.8 Å². The van der Waals surface area contributed by atoms with Crippen LogP contribution in [0.5, 0.6) is 0 Å². The van der Waals surface area contributed by atoms with Crippen LogP contribution in [0.3, 0.4) is 0 Å². The van der Waals surface area contributed by atoms with Gasteiger partial charge in [0.2, 0.25) is 11.8 Å². The lowest BCUT2D eigenvalue weighted by Gasteiger charge is -2.32. The summed E-state index contributed by atoms with van der Waals surface area (Å²) < 4.78 is 0. The summed E-state index contributed by atoms with van der Waals surface area (Å²) >= 11 is 0. The minimum absolute atomic E-state index is 0.0102. The van der Waals surface area contributed by atoms with E-state index >= 15 is 0 Å². The highest BCUT2D eigenvalue weighted by molar-refractivity contribution is 5.88. The average Bonchev–Trinajstić information content (AvgIpc) is 2.90. The van der Waals surface area contributed by atoms with Crippen LogP contribution in [0.2, 0.25) is 0 Å². The Balaban J connectivity index is 1.86. The van der Waals surface area contributed by atoms with E-state index in [2.05, 4.69) is 57.3 Å².